The molecule has 5 heteroatoms. The van der Waals surface area contributed by atoms with Crippen molar-refractivity contribution in [2.24, 2.45) is 0 Å². The van der Waals surface area contributed by atoms with Gasteiger partial charge in [-0.3, -0.25) is 0 Å². The molecule has 0 bridgehead atoms. The number of benzene rings is 1. The molecule has 0 aliphatic carbocycles. The maximum Gasteiger partial charge on any atom is 0.201 e. The van der Waals surface area contributed by atoms with Gasteiger partial charge in [0.15, 0.2) is 0 Å². The molecule has 2 unspecified atom stereocenters. The molecule has 2 N–H and O–H groups in total. The fourth-order valence-electron chi connectivity index (χ4n) is 2.66. The number of fused-ring (bicyclic) bond motifs is 1. The molecular weight excluding hydrogens is 294 g/mol. The van der Waals surface area contributed by atoms with Gasteiger partial charge in [0.2, 0.25) is 5.95 Å². The van der Waals surface area contributed by atoms with Crippen LogP contribution in [-0.2, 0) is 4.74 Å². The van der Waals surface area contributed by atoms with Crippen molar-refractivity contribution in [3.8, 4) is 0 Å². The Morgan fingerprint density at radius 3 is 3.11 bits per heavy atom. The van der Waals surface area contributed by atoms with E-state index in [4.69, 9.17) is 10.5 Å². The molecule has 0 amide bonds. The second-order valence-electron chi connectivity index (χ2n) is 4.77. The molecule has 1 aliphatic rings. The van der Waals surface area contributed by atoms with Crippen molar-refractivity contribution in [1.82, 2.24) is 9.55 Å². The van der Waals surface area contributed by atoms with Crippen LogP contribution in [0.15, 0.2) is 22.7 Å². The number of halogens is 1. The summed E-state index contributed by atoms with van der Waals surface area (Å²) in [6, 6.07) is 6.24. The number of nitrogens with zero attached hydrogens (tertiary/aromatic N) is 2. The van der Waals surface area contributed by atoms with Crippen molar-refractivity contribution < 1.29 is 4.74 Å². The lowest BCUT2D eigenvalue weighted by Crippen LogP contribution is -2.22. The van der Waals surface area contributed by atoms with Gasteiger partial charge in [-0.25, -0.2) is 4.98 Å². The highest BCUT2D eigenvalue weighted by Gasteiger charge is 2.26. The summed E-state index contributed by atoms with van der Waals surface area (Å²) in [5.74, 6) is 0.561. The third kappa shape index (κ3) is 1.91. The lowest BCUT2D eigenvalue weighted by Gasteiger charge is -2.21. The molecule has 96 valence electrons. The average Bonchev–Trinajstić information content (AvgIpc) is 2.94. The SMILES string of the molecule is CC(C1CCCO1)n1c(N)nc2ccc(Br)cc21. The van der Waals surface area contributed by atoms with Crippen molar-refractivity contribution in [3.05, 3.63) is 22.7 Å². The van der Waals surface area contributed by atoms with E-state index in [9.17, 15) is 0 Å². The zero-order valence-corrected chi connectivity index (χ0v) is 11.9. The van der Waals surface area contributed by atoms with E-state index in [-0.39, 0.29) is 12.1 Å². The first-order valence-corrected chi connectivity index (χ1v) is 7.00. The van der Waals surface area contributed by atoms with Gasteiger partial charge in [-0.1, -0.05) is 15.9 Å². The number of nitrogens with two attached hydrogens (primary N) is 1. The molecule has 2 atom stereocenters. The topological polar surface area (TPSA) is 53.1 Å². The summed E-state index contributed by atoms with van der Waals surface area (Å²) in [6.07, 6.45) is 2.46. The van der Waals surface area contributed by atoms with Gasteiger partial charge in [-0.2, -0.15) is 0 Å². The number of ether oxygens (including phenoxy) is 1. The van der Waals surface area contributed by atoms with Crippen LogP contribution >= 0.6 is 15.9 Å². The smallest absolute Gasteiger partial charge is 0.201 e. The third-order valence-electron chi connectivity index (χ3n) is 3.59. The number of nitrogen functional groups attached to an aromatic ring is 1. The molecule has 4 nitrogen and oxygen atoms in total. The van der Waals surface area contributed by atoms with E-state index in [1.165, 1.54) is 0 Å². The molecule has 2 aromatic rings. The Bertz CT molecular complexity index is 575. The van der Waals surface area contributed by atoms with Crippen LogP contribution in [0.1, 0.15) is 25.8 Å². The molecule has 1 aromatic heterocycles. The zero-order chi connectivity index (χ0) is 12.7. The summed E-state index contributed by atoms with van der Waals surface area (Å²) in [5.41, 5.74) is 8.04. The number of aromatic nitrogens is 2. The zero-order valence-electron chi connectivity index (χ0n) is 10.3. The van der Waals surface area contributed by atoms with E-state index in [2.05, 4.69) is 38.5 Å². The predicted molar refractivity (Wildman–Crippen MR) is 75.5 cm³/mol. The van der Waals surface area contributed by atoms with Crippen molar-refractivity contribution in [2.45, 2.75) is 31.9 Å². The molecule has 18 heavy (non-hydrogen) atoms. The van der Waals surface area contributed by atoms with Gasteiger partial charge < -0.3 is 15.0 Å². The molecule has 0 saturated carbocycles. The lowest BCUT2D eigenvalue weighted by molar-refractivity contribution is 0.0751. The average molecular weight is 310 g/mol. The highest BCUT2D eigenvalue weighted by molar-refractivity contribution is 9.10. The third-order valence-corrected chi connectivity index (χ3v) is 4.08. The molecule has 0 radical (unpaired) electrons. The van der Waals surface area contributed by atoms with E-state index in [0.29, 0.717) is 5.95 Å². The number of imidazole rings is 1. The number of hydrogen-bond donors (Lipinski definition) is 1. The minimum absolute atomic E-state index is 0.215. The fraction of sp³-hybridized carbons (Fsp3) is 0.462. The molecule has 1 aliphatic heterocycles. The largest absolute Gasteiger partial charge is 0.376 e. The molecule has 0 spiro atoms. The first-order valence-electron chi connectivity index (χ1n) is 6.21. The van der Waals surface area contributed by atoms with Gasteiger partial charge in [0.25, 0.3) is 0 Å². The van der Waals surface area contributed by atoms with Crippen LogP contribution < -0.4 is 5.73 Å². The minimum Gasteiger partial charge on any atom is -0.376 e. The van der Waals surface area contributed by atoms with Crippen LogP contribution in [0.5, 0.6) is 0 Å². The maximum atomic E-state index is 6.05. The van der Waals surface area contributed by atoms with Crippen molar-refractivity contribution in [3.63, 3.8) is 0 Å². The molecular formula is C13H16BrN3O. The van der Waals surface area contributed by atoms with Gasteiger partial charge in [-0.15, -0.1) is 0 Å². The highest BCUT2D eigenvalue weighted by Crippen LogP contribution is 2.31. The molecule has 1 aromatic carbocycles. The molecule has 3 rings (SSSR count). The van der Waals surface area contributed by atoms with E-state index < -0.39 is 0 Å². The summed E-state index contributed by atoms with van der Waals surface area (Å²) >= 11 is 3.50. The molecule has 1 saturated heterocycles. The van der Waals surface area contributed by atoms with E-state index in [1.807, 2.05) is 12.1 Å². The summed E-state index contributed by atoms with van der Waals surface area (Å²) in [7, 11) is 0. The Balaban J connectivity index is 2.09. The minimum atomic E-state index is 0.215. The van der Waals surface area contributed by atoms with E-state index in [1.54, 1.807) is 0 Å². The lowest BCUT2D eigenvalue weighted by atomic mass is 10.1. The monoisotopic (exact) mass is 309 g/mol. The fourth-order valence-corrected chi connectivity index (χ4v) is 3.01. The number of hydrogen-bond acceptors (Lipinski definition) is 3. The van der Waals surface area contributed by atoms with Gasteiger partial charge >= 0.3 is 0 Å². The quantitative estimate of drug-likeness (QED) is 0.927. The van der Waals surface area contributed by atoms with Crippen LogP contribution in [0.25, 0.3) is 11.0 Å². The molecule has 1 fully saturated rings. The van der Waals surface area contributed by atoms with Crippen molar-refractivity contribution in [2.75, 3.05) is 12.3 Å². The number of anilines is 1. The maximum absolute atomic E-state index is 6.05. The van der Waals surface area contributed by atoms with Crippen LogP contribution in [0.3, 0.4) is 0 Å². The summed E-state index contributed by atoms with van der Waals surface area (Å²) < 4.78 is 8.87. The van der Waals surface area contributed by atoms with Crippen molar-refractivity contribution in [1.29, 1.82) is 0 Å². The second-order valence-corrected chi connectivity index (χ2v) is 5.68. The van der Waals surface area contributed by atoms with Crippen LogP contribution in [0.2, 0.25) is 0 Å². The standard InChI is InChI=1S/C13H16BrN3O/c1-8(12-3-2-6-18-12)17-11-7-9(14)4-5-10(11)16-13(17)15/h4-5,7-8,12H,2-3,6H2,1H3,(H2,15,16). The first kappa shape index (κ1) is 12.0. The van der Waals surface area contributed by atoms with E-state index >= 15 is 0 Å². The van der Waals surface area contributed by atoms with Gasteiger partial charge in [-0.05, 0) is 38.0 Å². The second kappa shape index (κ2) is 4.55. The van der Waals surface area contributed by atoms with Crippen LogP contribution in [0.4, 0.5) is 5.95 Å². The van der Waals surface area contributed by atoms with Crippen LogP contribution in [0, 0.1) is 0 Å². The summed E-state index contributed by atoms with van der Waals surface area (Å²) in [4.78, 5) is 4.41. The van der Waals surface area contributed by atoms with Gasteiger partial charge in [0.05, 0.1) is 23.2 Å². The highest BCUT2D eigenvalue weighted by atomic mass is 79.9. The Morgan fingerprint density at radius 2 is 2.39 bits per heavy atom. The van der Waals surface area contributed by atoms with E-state index in [0.717, 1.165) is 35.0 Å². The van der Waals surface area contributed by atoms with Gasteiger partial charge in [0.1, 0.15) is 0 Å². The normalized spacial score (nSPS) is 21.6. The summed E-state index contributed by atoms with van der Waals surface area (Å²) in [5, 5.41) is 0. The Kier molecular flexibility index (Phi) is 3.03. The molecule has 2 heterocycles. The predicted octanol–water partition coefficient (Wildman–Crippen LogP) is 3.12. The first-order chi connectivity index (χ1) is 8.66. The van der Waals surface area contributed by atoms with Crippen molar-refractivity contribution >= 4 is 32.9 Å². The Morgan fingerprint density at radius 1 is 1.56 bits per heavy atom. The number of rotatable bonds is 2. The Hall–Kier alpha value is -1.07. The Labute approximate surface area is 114 Å². The van der Waals surface area contributed by atoms with Gasteiger partial charge in [0, 0.05) is 11.1 Å². The summed E-state index contributed by atoms with van der Waals surface area (Å²) in [6.45, 7) is 3.00. The van der Waals surface area contributed by atoms with Crippen LogP contribution in [-0.4, -0.2) is 22.3 Å².